The Morgan fingerprint density at radius 2 is 1.94 bits per heavy atom. The lowest BCUT2D eigenvalue weighted by Crippen LogP contribution is -2.03. The molecule has 1 heterocycles. The molecule has 0 atom stereocenters. The Morgan fingerprint density at radius 3 is 2.65 bits per heavy atom. The molecule has 0 aliphatic carbocycles. The molecule has 0 N–H and O–H groups in total. The lowest BCUT2D eigenvalue weighted by molar-refractivity contribution is 0.293. The van der Waals surface area contributed by atoms with Crippen molar-refractivity contribution in [3.05, 3.63) is 52.6 Å². The van der Waals surface area contributed by atoms with Crippen LogP contribution >= 0.6 is 11.6 Å². The maximum Gasteiger partial charge on any atom is 0.167 e. The smallest absolute Gasteiger partial charge is 0.167 e. The van der Waals surface area contributed by atoms with E-state index in [-0.39, 0.29) is 0 Å². The molecule has 88 valence electrons. The molecule has 0 amide bonds. The fourth-order valence-electron chi connectivity index (χ4n) is 1.51. The van der Waals surface area contributed by atoms with Gasteiger partial charge in [-0.2, -0.15) is 0 Å². The normalized spacial score (nSPS) is 10.3. The molecule has 0 aliphatic rings. The fraction of sp³-hybridized carbons (Fsp3) is 0.231. The summed E-state index contributed by atoms with van der Waals surface area (Å²) in [6.45, 7) is 4.20. The van der Waals surface area contributed by atoms with Crippen LogP contribution in [0.25, 0.3) is 0 Å². The summed E-state index contributed by atoms with van der Waals surface area (Å²) < 4.78 is 5.65. The van der Waals surface area contributed by atoms with E-state index in [2.05, 4.69) is 9.97 Å². The van der Waals surface area contributed by atoms with Crippen molar-refractivity contribution < 1.29 is 4.74 Å². The van der Waals surface area contributed by atoms with Crippen LogP contribution in [-0.4, -0.2) is 9.97 Å². The molecule has 0 spiro atoms. The third-order valence-corrected chi connectivity index (χ3v) is 2.51. The first-order valence-corrected chi connectivity index (χ1v) is 5.71. The van der Waals surface area contributed by atoms with Crippen molar-refractivity contribution in [1.29, 1.82) is 0 Å². The molecular weight excluding hydrogens is 236 g/mol. The second-order valence-electron chi connectivity index (χ2n) is 3.80. The lowest BCUT2D eigenvalue weighted by atomic mass is 10.2. The quantitative estimate of drug-likeness (QED) is 0.782. The van der Waals surface area contributed by atoms with Crippen LogP contribution in [0.15, 0.2) is 30.3 Å². The second kappa shape index (κ2) is 5.15. The molecule has 0 fully saturated rings. The summed E-state index contributed by atoms with van der Waals surface area (Å²) in [5, 5.41) is 0.445. The Kier molecular flexibility index (Phi) is 3.59. The minimum atomic E-state index is 0.326. The summed E-state index contributed by atoms with van der Waals surface area (Å²) in [6, 6.07) is 9.56. The van der Waals surface area contributed by atoms with Crippen LogP contribution in [-0.2, 0) is 6.61 Å². The highest BCUT2D eigenvalue weighted by molar-refractivity contribution is 6.29. The first-order valence-electron chi connectivity index (χ1n) is 5.33. The minimum Gasteiger partial charge on any atom is -0.485 e. The number of benzene rings is 1. The van der Waals surface area contributed by atoms with Crippen LogP contribution in [0.5, 0.6) is 5.75 Å². The molecule has 0 radical (unpaired) electrons. The number of aryl methyl sites for hydroxylation is 2. The predicted octanol–water partition coefficient (Wildman–Crippen LogP) is 3.33. The van der Waals surface area contributed by atoms with E-state index >= 15 is 0 Å². The van der Waals surface area contributed by atoms with E-state index in [9.17, 15) is 0 Å². The fourth-order valence-corrected chi connectivity index (χ4v) is 1.77. The first-order chi connectivity index (χ1) is 8.15. The molecule has 2 aromatic rings. The maximum atomic E-state index is 5.86. The lowest BCUT2D eigenvalue weighted by Gasteiger charge is -2.08. The number of hydrogen-bond donors (Lipinski definition) is 0. The molecule has 0 bridgehead atoms. The summed E-state index contributed by atoms with van der Waals surface area (Å²) >= 11 is 5.86. The Labute approximate surface area is 105 Å². The average Bonchev–Trinajstić information content (AvgIpc) is 2.27. The SMILES string of the molecule is Cc1cc(Cl)nc(COc2ccccc2C)n1. The molecule has 1 aromatic carbocycles. The zero-order valence-electron chi connectivity index (χ0n) is 9.77. The molecule has 1 aromatic heterocycles. The monoisotopic (exact) mass is 248 g/mol. The van der Waals surface area contributed by atoms with E-state index in [1.54, 1.807) is 6.07 Å². The topological polar surface area (TPSA) is 35.0 Å². The van der Waals surface area contributed by atoms with Gasteiger partial charge in [0.15, 0.2) is 5.82 Å². The number of para-hydroxylation sites is 1. The van der Waals surface area contributed by atoms with Gasteiger partial charge < -0.3 is 4.74 Å². The van der Waals surface area contributed by atoms with Crippen LogP contribution in [0.1, 0.15) is 17.1 Å². The van der Waals surface area contributed by atoms with Crippen LogP contribution in [0.2, 0.25) is 5.15 Å². The predicted molar refractivity (Wildman–Crippen MR) is 67.3 cm³/mol. The first kappa shape index (κ1) is 11.9. The van der Waals surface area contributed by atoms with E-state index < -0.39 is 0 Å². The van der Waals surface area contributed by atoms with Gasteiger partial charge in [0, 0.05) is 5.69 Å². The molecule has 0 unspecified atom stereocenters. The van der Waals surface area contributed by atoms with Crippen molar-refractivity contribution in [2.24, 2.45) is 0 Å². The van der Waals surface area contributed by atoms with Crippen molar-refractivity contribution in [2.75, 3.05) is 0 Å². The van der Waals surface area contributed by atoms with E-state index in [0.29, 0.717) is 17.6 Å². The highest BCUT2D eigenvalue weighted by atomic mass is 35.5. The highest BCUT2D eigenvalue weighted by Crippen LogP contribution is 2.17. The number of hydrogen-bond acceptors (Lipinski definition) is 3. The zero-order chi connectivity index (χ0) is 12.3. The van der Waals surface area contributed by atoms with Gasteiger partial charge in [-0.15, -0.1) is 0 Å². The molecule has 0 saturated heterocycles. The van der Waals surface area contributed by atoms with Gasteiger partial charge in [-0.1, -0.05) is 29.8 Å². The Morgan fingerprint density at radius 1 is 1.18 bits per heavy atom. The van der Waals surface area contributed by atoms with Crippen LogP contribution < -0.4 is 4.74 Å². The Bertz CT molecular complexity index is 508. The standard InChI is InChI=1S/C13H13ClN2O/c1-9-5-3-4-6-11(9)17-8-13-15-10(2)7-12(14)16-13/h3-7H,8H2,1-2H3. The van der Waals surface area contributed by atoms with E-state index in [1.165, 1.54) is 0 Å². The third-order valence-electron chi connectivity index (χ3n) is 2.32. The Hall–Kier alpha value is -1.61. The molecule has 2 rings (SSSR count). The van der Waals surface area contributed by atoms with E-state index in [1.807, 2.05) is 38.1 Å². The minimum absolute atomic E-state index is 0.326. The second-order valence-corrected chi connectivity index (χ2v) is 4.19. The van der Waals surface area contributed by atoms with Gasteiger partial charge >= 0.3 is 0 Å². The average molecular weight is 249 g/mol. The molecule has 3 nitrogen and oxygen atoms in total. The molecule has 0 aliphatic heterocycles. The van der Waals surface area contributed by atoms with Gasteiger partial charge in [0.2, 0.25) is 0 Å². The van der Waals surface area contributed by atoms with E-state index in [4.69, 9.17) is 16.3 Å². The summed E-state index contributed by atoms with van der Waals surface area (Å²) in [4.78, 5) is 8.37. The van der Waals surface area contributed by atoms with Gasteiger partial charge in [0.25, 0.3) is 0 Å². The van der Waals surface area contributed by atoms with Crippen molar-refractivity contribution in [1.82, 2.24) is 9.97 Å². The molecule has 17 heavy (non-hydrogen) atoms. The zero-order valence-corrected chi connectivity index (χ0v) is 10.5. The summed E-state index contributed by atoms with van der Waals surface area (Å²) in [5.41, 5.74) is 1.93. The summed E-state index contributed by atoms with van der Waals surface area (Å²) in [6.07, 6.45) is 0. The summed E-state index contributed by atoms with van der Waals surface area (Å²) in [5.74, 6) is 1.44. The van der Waals surface area contributed by atoms with Gasteiger partial charge in [0.05, 0.1) is 0 Å². The number of nitrogens with zero attached hydrogens (tertiary/aromatic N) is 2. The molecular formula is C13H13ClN2O. The largest absolute Gasteiger partial charge is 0.485 e. The van der Waals surface area contributed by atoms with Crippen molar-refractivity contribution in [2.45, 2.75) is 20.5 Å². The van der Waals surface area contributed by atoms with Gasteiger partial charge in [-0.3, -0.25) is 0 Å². The van der Waals surface area contributed by atoms with Crippen LogP contribution in [0.3, 0.4) is 0 Å². The highest BCUT2D eigenvalue weighted by Gasteiger charge is 2.03. The molecule has 4 heteroatoms. The van der Waals surface area contributed by atoms with Gasteiger partial charge in [-0.25, -0.2) is 9.97 Å². The number of ether oxygens (including phenoxy) is 1. The van der Waals surface area contributed by atoms with E-state index in [0.717, 1.165) is 17.0 Å². The number of aromatic nitrogens is 2. The van der Waals surface area contributed by atoms with Crippen molar-refractivity contribution in [3.63, 3.8) is 0 Å². The van der Waals surface area contributed by atoms with Crippen molar-refractivity contribution >= 4 is 11.6 Å². The maximum absolute atomic E-state index is 5.86. The van der Waals surface area contributed by atoms with Gasteiger partial charge in [0.1, 0.15) is 17.5 Å². The summed E-state index contributed by atoms with van der Waals surface area (Å²) in [7, 11) is 0. The van der Waals surface area contributed by atoms with Crippen LogP contribution in [0, 0.1) is 13.8 Å². The number of halogens is 1. The van der Waals surface area contributed by atoms with Crippen LogP contribution in [0.4, 0.5) is 0 Å². The number of rotatable bonds is 3. The third kappa shape index (κ3) is 3.17. The van der Waals surface area contributed by atoms with Crippen molar-refractivity contribution in [3.8, 4) is 5.75 Å². The molecule has 0 saturated carbocycles. The van der Waals surface area contributed by atoms with Gasteiger partial charge in [-0.05, 0) is 31.5 Å². The Balaban J connectivity index is 2.10.